The van der Waals surface area contributed by atoms with Crippen LogP contribution in [0.4, 0.5) is 0 Å². The first-order chi connectivity index (χ1) is 9.11. The van der Waals surface area contributed by atoms with Crippen LogP contribution in [0.25, 0.3) is 0 Å². The van der Waals surface area contributed by atoms with Gasteiger partial charge >= 0.3 is 5.97 Å². The summed E-state index contributed by atoms with van der Waals surface area (Å²) >= 11 is 2.02. The summed E-state index contributed by atoms with van der Waals surface area (Å²) in [5, 5.41) is 18.1. The van der Waals surface area contributed by atoms with Gasteiger partial charge < -0.3 is 9.84 Å². The van der Waals surface area contributed by atoms with E-state index in [4.69, 9.17) is 15.1 Å². The Morgan fingerprint density at radius 2 is 2.16 bits per heavy atom. The molecule has 0 fully saturated rings. The number of halogens is 1. The van der Waals surface area contributed by atoms with Crippen molar-refractivity contribution in [2.24, 2.45) is 0 Å². The van der Waals surface area contributed by atoms with E-state index in [0.717, 1.165) is 3.57 Å². The Hall–Kier alpha value is -2.14. The van der Waals surface area contributed by atoms with Gasteiger partial charge in [-0.2, -0.15) is 5.26 Å². The van der Waals surface area contributed by atoms with Crippen LogP contribution < -0.4 is 4.74 Å². The number of rotatable bonds is 3. The molecule has 2 aromatic rings. The van der Waals surface area contributed by atoms with E-state index in [-0.39, 0.29) is 17.1 Å². The van der Waals surface area contributed by atoms with Gasteiger partial charge in [-0.25, -0.2) is 4.79 Å². The third-order valence-electron chi connectivity index (χ3n) is 2.30. The van der Waals surface area contributed by atoms with Crippen LogP contribution in [0.5, 0.6) is 11.5 Å². The smallest absolute Gasteiger partial charge is 0.339 e. The summed E-state index contributed by atoms with van der Waals surface area (Å²) in [7, 11) is 0. The highest BCUT2D eigenvalue weighted by Crippen LogP contribution is 2.28. The minimum absolute atomic E-state index is 0.0413. The van der Waals surface area contributed by atoms with Crippen molar-refractivity contribution >= 4 is 28.6 Å². The van der Waals surface area contributed by atoms with E-state index in [2.05, 4.69) is 4.98 Å². The lowest BCUT2D eigenvalue weighted by molar-refractivity contribution is 0.0694. The van der Waals surface area contributed by atoms with Crippen LogP contribution >= 0.6 is 22.6 Å². The largest absolute Gasteiger partial charge is 0.478 e. The monoisotopic (exact) mass is 366 g/mol. The van der Waals surface area contributed by atoms with E-state index in [0.29, 0.717) is 5.56 Å². The molecule has 1 N–H and O–H groups in total. The van der Waals surface area contributed by atoms with Gasteiger partial charge in [0, 0.05) is 9.77 Å². The summed E-state index contributed by atoms with van der Waals surface area (Å²) in [5.41, 5.74) is 0.338. The molecule has 0 amide bonds. The average Bonchev–Trinajstić information content (AvgIpc) is 2.41. The Morgan fingerprint density at radius 3 is 2.84 bits per heavy atom. The molecule has 0 saturated heterocycles. The molecule has 2 rings (SSSR count). The summed E-state index contributed by atoms with van der Waals surface area (Å²) in [6.45, 7) is 0. The maximum atomic E-state index is 11.2. The van der Waals surface area contributed by atoms with Crippen molar-refractivity contribution in [3.05, 3.63) is 51.4 Å². The van der Waals surface area contributed by atoms with Crippen molar-refractivity contribution < 1.29 is 14.6 Å². The zero-order valence-electron chi connectivity index (χ0n) is 9.50. The minimum atomic E-state index is -1.09. The van der Waals surface area contributed by atoms with Crippen LogP contribution in [-0.2, 0) is 0 Å². The zero-order chi connectivity index (χ0) is 13.8. The van der Waals surface area contributed by atoms with Gasteiger partial charge in [0.1, 0.15) is 17.4 Å². The fourth-order valence-corrected chi connectivity index (χ4v) is 1.92. The number of hydrogen-bond acceptors (Lipinski definition) is 4. The van der Waals surface area contributed by atoms with Gasteiger partial charge in [-0.1, -0.05) is 0 Å². The number of hydrogen-bond donors (Lipinski definition) is 1. The van der Waals surface area contributed by atoms with Gasteiger partial charge in [0.25, 0.3) is 0 Å². The Balaban J connectivity index is 2.44. The van der Waals surface area contributed by atoms with Gasteiger partial charge in [-0.05, 0) is 46.9 Å². The third kappa shape index (κ3) is 3.00. The summed E-state index contributed by atoms with van der Waals surface area (Å²) in [6.07, 6.45) is 2.85. The number of benzene rings is 1. The molecule has 0 aliphatic carbocycles. The fourth-order valence-electron chi connectivity index (χ4n) is 1.43. The van der Waals surface area contributed by atoms with E-state index in [1.807, 2.05) is 28.7 Å². The molecule has 19 heavy (non-hydrogen) atoms. The van der Waals surface area contributed by atoms with E-state index < -0.39 is 5.97 Å². The highest BCUT2D eigenvalue weighted by molar-refractivity contribution is 14.1. The van der Waals surface area contributed by atoms with Crippen molar-refractivity contribution in [1.29, 1.82) is 5.26 Å². The van der Waals surface area contributed by atoms with Gasteiger partial charge in [-0.3, -0.25) is 4.98 Å². The van der Waals surface area contributed by atoms with Crippen LogP contribution in [0.3, 0.4) is 0 Å². The molecule has 0 aliphatic heterocycles. The second kappa shape index (κ2) is 5.67. The molecule has 0 bridgehead atoms. The Morgan fingerprint density at radius 1 is 1.37 bits per heavy atom. The molecule has 0 spiro atoms. The maximum Gasteiger partial charge on any atom is 0.339 e. The fraction of sp³-hybridized carbons (Fsp3) is 0. The van der Waals surface area contributed by atoms with E-state index in [1.54, 1.807) is 12.1 Å². The van der Waals surface area contributed by atoms with Gasteiger partial charge in [0.05, 0.1) is 11.8 Å². The predicted molar refractivity (Wildman–Crippen MR) is 75.1 cm³/mol. The molecule has 0 aliphatic rings. The standard InChI is InChI=1S/C13H7IN2O3/c14-9-1-2-11(10(5-9)13(17)18)19-12-7-16-4-3-8(12)6-15/h1-5,7H,(H,17,18). The number of nitriles is 1. The molecule has 1 aromatic heterocycles. The van der Waals surface area contributed by atoms with Crippen molar-refractivity contribution in [1.82, 2.24) is 4.98 Å². The highest BCUT2D eigenvalue weighted by Gasteiger charge is 2.14. The molecule has 1 aromatic carbocycles. The van der Waals surface area contributed by atoms with Gasteiger partial charge in [0.2, 0.25) is 0 Å². The number of carboxylic acid groups (broad SMARTS) is 1. The first kappa shape index (κ1) is 13.3. The first-order valence-electron chi connectivity index (χ1n) is 5.16. The van der Waals surface area contributed by atoms with E-state index >= 15 is 0 Å². The van der Waals surface area contributed by atoms with Crippen molar-refractivity contribution in [2.45, 2.75) is 0 Å². The van der Waals surface area contributed by atoms with Crippen molar-refractivity contribution in [3.63, 3.8) is 0 Å². The van der Waals surface area contributed by atoms with E-state index in [1.165, 1.54) is 24.5 Å². The number of ether oxygens (including phenoxy) is 1. The topological polar surface area (TPSA) is 83.2 Å². The summed E-state index contributed by atoms with van der Waals surface area (Å²) in [4.78, 5) is 15.0. The zero-order valence-corrected chi connectivity index (χ0v) is 11.7. The Bertz CT molecular complexity index is 680. The predicted octanol–water partition coefficient (Wildman–Crippen LogP) is 3.05. The number of pyridine rings is 1. The van der Waals surface area contributed by atoms with Gasteiger partial charge in [-0.15, -0.1) is 0 Å². The van der Waals surface area contributed by atoms with Crippen LogP contribution in [0, 0.1) is 14.9 Å². The highest BCUT2D eigenvalue weighted by atomic mass is 127. The van der Waals surface area contributed by atoms with Crippen LogP contribution in [0.15, 0.2) is 36.7 Å². The SMILES string of the molecule is N#Cc1ccncc1Oc1ccc(I)cc1C(=O)O. The lowest BCUT2D eigenvalue weighted by Gasteiger charge is -2.09. The Kier molecular flexibility index (Phi) is 3.97. The maximum absolute atomic E-state index is 11.2. The number of carboxylic acids is 1. The molecule has 94 valence electrons. The molecule has 0 radical (unpaired) electrons. The molecule has 6 heteroatoms. The van der Waals surface area contributed by atoms with Crippen molar-refractivity contribution in [3.8, 4) is 17.6 Å². The molecule has 0 saturated carbocycles. The molecule has 1 heterocycles. The normalized spacial score (nSPS) is 9.68. The van der Waals surface area contributed by atoms with Crippen LogP contribution in [0.1, 0.15) is 15.9 Å². The Labute approximate surface area is 122 Å². The summed E-state index contributed by atoms with van der Waals surface area (Å²) < 4.78 is 6.26. The minimum Gasteiger partial charge on any atom is -0.478 e. The van der Waals surface area contributed by atoms with Crippen molar-refractivity contribution in [2.75, 3.05) is 0 Å². The number of aromatic nitrogens is 1. The summed E-state index contributed by atoms with van der Waals surface area (Å²) in [5.74, 6) is -0.679. The third-order valence-corrected chi connectivity index (χ3v) is 2.97. The molecule has 5 nitrogen and oxygen atoms in total. The quantitative estimate of drug-likeness (QED) is 0.845. The number of carbonyl (C=O) groups is 1. The molecule has 0 unspecified atom stereocenters. The van der Waals surface area contributed by atoms with E-state index in [9.17, 15) is 4.79 Å². The van der Waals surface area contributed by atoms with Gasteiger partial charge in [0.15, 0.2) is 5.75 Å². The van der Waals surface area contributed by atoms with Crippen LogP contribution in [-0.4, -0.2) is 16.1 Å². The molecular formula is C13H7IN2O3. The lowest BCUT2D eigenvalue weighted by Crippen LogP contribution is -2.01. The first-order valence-corrected chi connectivity index (χ1v) is 6.24. The summed E-state index contributed by atoms with van der Waals surface area (Å²) in [6, 6.07) is 8.25. The second-order valence-electron chi connectivity index (χ2n) is 3.53. The number of aromatic carboxylic acids is 1. The molecule has 0 atom stereocenters. The average molecular weight is 366 g/mol. The second-order valence-corrected chi connectivity index (χ2v) is 4.78. The van der Waals surface area contributed by atoms with Crippen LogP contribution in [0.2, 0.25) is 0 Å². The molecular weight excluding hydrogens is 359 g/mol. The lowest BCUT2D eigenvalue weighted by atomic mass is 10.2. The number of nitrogens with zero attached hydrogens (tertiary/aromatic N) is 2.